The third-order valence-electron chi connectivity index (χ3n) is 3.57. The smallest absolute Gasteiger partial charge is 0.259 e. The lowest BCUT2D eigenvalue weighted by molar-refractivity contribution is 0.906. The van der Waals surface area contributed by atoms with Crippen molar-refractivity contribution < 1.29 is 0 Å². The third kappa shape index (κ3) is 2.68. The van der Waals surface area contributed by atoms with Gasteiger partial charge in [-0.1, -0.05) is 18.7 Å². The summed E-state index contributed by atoms with van der Waals surface area (Å²) in [6.45, 7) is 7.98. The SMILES string of the molecule is CCc1nc(SC(C)c2nc3sc(C)c(C)c3c(=O)[nH]2)n[nH]1. The highest BCUT2D eigenvalue weighted by Crippen LogP contribution is 2.32. The Kier molecular flexibility index (Phi) is 4.05. The molecule has 3 aromatic rings. The zero-order valence-corrected chi connectivity index (χ0v) is 14.5. The average Bonchev–Trinajstić information content (AvgIpc) is 3.04. The standard InChI is InChI=1S/C14H17N5OS2/c1-5-9-15-14(19-18-9)22-8(4)11-16-12(20)10-6(2)7(3)21-13(10)17-11/h8H,5H2,1-4H3,(H,15,18,19)(H,16,17,20). The van der Waals surface area contributed by atoms with E-state index in [1.165, 1.54) is 11.8 Å². The van der Waals surface area contributed by atoms with E-state index in [4.69, 9.17) is 0 Å². The van der Waals surface area contributed by atoms with Gasteiger partial charge in [0.2, 0.25) is 5.16 Å². The monoisotopic (exact) mass is 335 g/mol. The minimum Gasteiger partial charge on any atom is -0.309 e. The van der Waals surface area contributed by atoms with Crippen molar-refractivity contribution in [3.05, 3.63) is 32.4 Å². The fourth-order valence-electron chi connectivity index (χ4n) is 2.17. The Labute approximate surface area is 135 Å². The lowest BCUT2D eigenvalue weighted by atomic mass is 10.2. The molecule has 0 fully saturated rings. The van der Waals surface area contributed by atoms with E-state index in [2.05, 4.69) is 25.1 Å². The molecule has 1 atom stereocenters. The Morgan fingerprint density at radius 3 is 2.77 bits per heavy atom. The molecule has 1 unspecified atom stereocenters. The second kappa shape index (κ2) is 5.85. The van der Waals surface area contributed by atoms with Crippen LogP contribution in [-0.2, 0) is 6.42 Å². The van der Waals surface area contributed by atoms with Gasteiger partial charge in [-0.3, -0.25) is 9.89 Å². The van der Waals surface area contributed by atoms with Gasteiger partial charge in [0.05, 0.1) is 10.6 Å². The van der Waals surface area contributed by atoms with Gasteiger partial charge in [-0.2, -0.15) is 0 Å². The summed E-state index contributed by atoms with van der Waals surface area (Å²) in [4.78, 5) is 26.1. The van der Waals surface area contributed by atoms with Gasteiger partial charge in [0.25, 0.3) is 5.56 Å². The number of nitrogens with one attached hydrogen (secondary N) is 2. The summed E-state index contributed by atoms with van der Waals surface area (Å²) < 4.78 is 0. The number of thioether (sulfide) groups is 1. The van der Waals surface area contributed by atoms with Gasteiger partial charge in [-0.25, -0.2) is 9.97 Å². The Morgan fingerprint density at radius 1 is 1.32 bits per heavy atom. The molecule has 2 N–H and O–H groups in total. The van der Waals surface area contributed by atoms with Crippen LogP contribution in [0.15, 0.2) is 9.95 Å². The van der Waals surface area contributed by atoms with E-state index in [1.807, 2.05) is 27.7 Å². The van der Waals surface area contributed by atoms with Crippen molar-refractivity contribution in [1.29, 1.82) is 0 Å². The predicted octanol–water partition coefficient (Wildman–Crippen LogP) is 3.14. The number of aromatic nitrogens is 5. The Morgan fingerprint density at radius 2 is 2.09 bits per heavy atom. The van der Waals surface area contributed by atoms with Gasteiger partial charge >= 0.3 is 0 Å². The second-order valence-corrected chi connectivity index (χ2v) is 7.60. The van der Waals surface area contributed by atoms with Crippen LogP contribution in [0.4, 0.5) is 0 Å². The minimum absolute atomic E-state index is 0.0275. The van der Waals surface area contributed by atoms with Gasteiger partial charge < -0.3 is 4.98 Å². The molecular weight excluding hydrogens is 318 g/mol. The van der Waals surface area contributed by atoms with Gasteiger partial charge in [0.15, 0.2) is 0 Å². The molecule has 0 radical (unpaired) electrons. The number of thiophene rings is 1. The highest BCUT2D eigenvalue weighted by Gasteiger charge is 2.17. The lowest BCUT2D eigenvalue weighted by Gasteiger charge is -2.07. The number of hydrogen-bond acceptors (Lipinski definition) is 6. The summed E-state index contributed by atoms with van der Waals surface area (Å²) in [7, 11) is 0. The first-order valence-electron chi connectivity index (χ1n) is 7.07. The molecule has 0 saturated carbocycles. The molecule has 0 aliphatic carbocycles. The third-order valence-corrected chi connectivity index (χ3v) is 5.64. The van der Waals surface area contributed by atoms with Gasteiger partial charge in [0.1, 0.15) is 16.5 Å². The van der Waals surface area contributed by atoms with Crippen LogP contribution in [0.3, 0.4) is 0 Å². The summed E-state index contributed by atoms with van der Waals surface area (Å²) in [5.41, 5.74) is 0.945. The largest absolute Gasteiger partial charge is 0.309 e. The maximum Gasteiger partial charge on any atom is 0.259 e. The number of fused-ring (bicyclic) bond motifs is 1. The van der Waals surface area contributed by atoms with E-state index in [0.717, 1.165) is 27.5 Å². The summed E-state index contributed by atoms with van der Waals surface area (Å²) in [5, 5.41) is 8.40. The molecule has 0 saturated heterocycles. The number of rotatable bonds is 4. The minimum atomic E-state index is -0.0708. The van der Waals surface area contributed by atoms with Crippen LogP contribution < -0.4 is 5.56 Å². The van der Waals surface area contributed by atoms with Gasteiger partial charge in [-0.15, -0.1) is 16.4 Å². The van der Waals surface area contributed by atoms with Gasteiger partial charge in [-0.05, 0) is 26.3 Å². The molecule has 0 spiro atoms. The van der Waals surface area contributed by atoms with Crippen LogP contribution >= 0.6 is 23.1 Å². The van der Waals surface area contributed by atoms with E-state index in [9.17, 15) is 4.79 Å². The van der Waals surface area contributed by atoms with E-state index < -0.39 is 0 Å². The van der Waals surface area contributed by atoms with Crippen molar-refractivity contribution in [2.24, 2.45) is 0 Å². The summed E-state index contributed by atoms with van der Waals surface area (Å²) in [6, 6.07) is 0. The molecule has 8 heteroatoms. The number of aromatic amines is 2. The van der Waals surface area contributed by atoms with Crippen LogP contribution in [0, 0.1) is 13.8 Å². The van der Waals surface area contributed by atoms with E-state index in [0.29, 0.717) is 16.4 Å². The van der Waals surface area contributed by atoms with Crippen LogP contribution in [0.25, 0.3) is 10.2 Å². The lowest BCUT2D eigenvalue weighted by Crippen LogP contribution is -2.12. The van der Waals surface area contributed by atoms with Crippen LogP contribution in [-0.4, -0.2) is 25.1 Å². The Bertz CT molecular complexity index is 879. The molecule has 6 nitrogen and oxygen atoms in total. The Hall–Kier alpha value is -1.67. The molecule has 0 aromatic carbocycles. The summed E-state index contributed by atoms with van der Waals surface area (Å²) >= 11 is 3.04. The first kappa shape index (κ1) is 15.2. The van der Waals surface area contributed by atoms with Crippen molar-refractivity contribution in [3.8, 4) is 0 Å². The molecule has 3 heterocycles. The summed E-state index contributed by atoms with van der Waals surface area (Å²) in [6.07, 6.45) is 0.816. The van der Waals surface area contributed by atoms with Crippen LogP contribution in [0.5, 0.6) is 0 Å². The number of aryl methyl sites for hydroxylation is 3. The van der Waals surface area contributed by atoms with Crippen LogP contribution in [0.1, 0.15) is 41.2 Å². The zero-order valence-electron chi connectivity index (χ0n) is 12.9. The molecule has 0 amide bonds. The topological polar surface area (TPSA) is 87.3 Å². The molecule has 0 aliphatic heterocycles. The molecule has 3 rings (SSSR count). The van der Waals surface area contributed by atoms with Crippen molar-refractivity contribution in [3.63, 3.8) is 0 Å². The quantitative estimate of drug-likeness (QED) is 0.715. The van der Waals surface area contributed by atoms with E-state index >= 15 is 0 Å². The second-order valence-electron chi connectivity index (χ2n) is 5.09. The summed E-state index contributed by atoms with van der Waals surface area (Å²) in [5.74, 6) is 1.52. The fraction of sp³-hybridized carbons (Fsp3) is 0.429. The number of H-pyrrole nitrogens is 2. The fourth-order valence-corrected chi connectivity index (χ4v) is 4.00. The molecule has 116 valence electrons. The predicted molar refractivity (Wildman–Crippen MR) is 89.7 cm³/mol. The molecular formula is C14H17N5OS2. The Balaban J connectivity index is 1.93. The maximum absolute atomic E-state index is 12.3. The average molecular weight is 335 g/mol. The number of hydrogen-bond donors (Lipinski definition) is 2. The van der Waals surface area contributed by atoms with Crippen molar-refractivity contribution in [2.75, 3.05) is 0 Å². The maximum atomic E-state index is 12.3. The first-order chi connectivity index (χ1) is 10.5. The van der Waals surface area contributed by atoms with Gasteiger partial charge in [0, 0.05) is 11.3 Å². The van der Waals surface area contributed by atoms with E-state index in [1.54, 1.807) is 11.3 Å². The highest BCUT2D eigenvalue weighted by molar-refractivity contribution is 7.99. The highest BCUT2D eigenvalue weighted by atomic mass is 32.2. The van der Waals surface area contributed by atoms with Crippen molar-refractivity contribution >= 4 is 33.3 Å². The molecule has 3 aromatic heterocycles. The van der Waals surface area contributed by atoms with Crippen LogP contribution in [0.2, 0.25) is 0 Å². The first-order valence-corrected chi connectivity index (χ1v) is 8.77. The molecule has 0 aliphatic rings. The molecule has 22 heavy (non-hydrogen) atoms. The molecule has 0 bridgehead atoms. The normalized spacial score (nSPS) is 12.9. The number of nitrogens with zero attached hydrogens (tertiary/aromatic N) is 3. The van der Waals surface area contributed by atoms with E-state index in [-0.39, 0.29) is 10.8 Å². The van der Waals surface area contributed by atoms with Crippen molar-refractivity contribution in [1.82, 2.24) is 25.1 Å². The van der Waals surface area contributed by atoms with Crippen molar-refractivity contribution in [2.45, 2.75) is 44.5 Å². The zero-order chi connectivity index (χ0) is 15.9.